The molecule has 0 saturated carbocycles. The van der Waals surface area contributed by atoms with Gasteiger partial charge in [-0.25, -0.2) is 0 Å². The quantitative estimate of drug-likeness (QED) is 0.0971. The molecule has 0 atom stereocenters. The predicted octanol–water partition coefficient (Wildman–Crippen LogP) is 2.57. The Labute approximate surface area is 302 Å². The van der Waals surface area contributed by atoms with Gasteiger partial charge in [-0.05, 0) is 0 Å². The largest absolute Gasteiger partial charge is 0.719 e. The molecule has 0 spiro atoms. The summed E-state index contributed by atoms with van der Waals surface area (Å²) in [5.74, 6) is 0. The second kappa shape index (κ2) is 52.0. The summed E-state index contributed by atoms with van der Waals surface area (Å²) in [6.07, 6.45) is 9.44. The summed E-state index contributed by atoms with van der Waals surface area (Å²) in [4.78, 5) is 59.2. The number of nitrogens with one attached hydrogen (secondary N) is 6. The molecule has 0 aliphatic rings. The number of carbonyl (C=O) groups excluding carboxylic acids is 6. The van der Waals surface area contributed by atoms with Gasteiger partial charge >= 0.3 is 0 Å². The van der Waals surface area contributed by atoms with Gasteiger partial charge < -0.3 is 136 Å². The van der Waals surface area contributed by atoms with E-state index in [1.54, 1.807) is 36.5 Å². The van der Waals surface area contributed by atoms with Crippen LogP contribution in [0.1, 0.15) is 0 Å². The van der Waals surface area contributed by atoms with Crippen molar-refractivity contribution in [1.82, 2.24) is 31.9 Å². The molecule has 0 radical (unpaired) electrons. The molecule has 6 amide bonds. The molecule has 0 aromatic carbocycles. The van der Waals surface area contributed by atoms with Crippen LogP contribution in [0, 0.1) is 0 Å². The molecule has 19 heteroatoms. The number of carbonyl (C=O) groups is 6. The Balaban J connectivity index is -0.0000000720. The molecule has 246 valence electrons. The molecule has 0 saturated heterocycles. The van der Waals surface area contributed by atoms with Crippen LogP contribution in [0.5, 0.6) is 0 Å². The first kappa shape index (κ1) is 56.1. The monoisotopic (exact) mass is 794 g/mol. The third kappa shape index (κ3) is 121. The molecule has 0 heterocycles. The topological polar surface area (TPSA) is 175 Å². The Bertz CT molecular complexity index is 668. The van der Waals surface area contributed by atoms with Crippen molar-refractivity contribution in [2.75, 3.05) is 39.3 Å². The fourth-order valence-electron chi connectivity index (χ4n) is 0.933. The molecule has 0 unspecified atom stereocenters. The predicted molar refractivity (Wildman–Crippen MR) is 186 cm³/mol. The third-order valence-corrected chi connectivity index (χ3v) is 3.21. The SMILES string of the molecule is C=CCNC(=O)[S-].C=CCNC(=O)[S-].C=CCNC(=O)[S-].C=CCNC(=O)[S-].C=CCNC(=O)[S-].C=CCNC(=O)[S-].[Mo]. The van der Waals surface area contributed by atoms with Crippen molar-refractivity contribution >= 4 is 107 Å². The maximum absolute atomic E-state index is 9.86. The molecule has 12 nitrogen and oxygen atoms in total. The Hall–Kier alpha value is -2.73. The van der Waals surface area contributed by atoms with Gasteiger partial charge in [-0.2, -0.15) is 0 Å². The maximum atomic E-state index is 9.86. The van der Waals surface area contributed by atoms with Crippen LogP contribution in [0.15, 0.2) is 75.9 Å². The van der Waals surface area contributed by atoms with Crippen molar-refractivity contribution in [3.05, 3.63) is 75.9 Å². The smallest absolute Gasteiger partial charge is 0.0983 e. The second-order valence-corrected chi connectivity index (χ2v) is 7.97. The number of hydrogen-bond donors (Lipinski definition) is 6. The van der Waals surface area contributed by atoms with Gasteiger partial charge in [-0.1, -0.05) is 36.5 Å². The van der Waals surface area contributed by atoms with Gasteiger partial charge in [-0.3, -0.25) is 0 Å². The van der Waals surface area contributed by atoms with E-state index in [2.05, 4.69) is 147 Å². The second-order valence-electron chi connectivity index (χ2n) is 5.74. The zero-order chi connectivity index (χ0) is 34.2. The fourth-order valence-corrected chi connectivity index (χ4v) is 1.43. The first-order valence-corrected chi connectivity index (χ1v) is 13.4. The summed E-state index contributed by atoms with van der Waals surface area (Å²) in [5, 5.41) is 11.5. The zero-order valence-corrected chi connectivity index (χ0v) is 30.2. The Morgan fingerprint density at radius 2 is 0.442 bits per heavy atom. The van der Waals surface area contributed by atoms with E-state index in [-0.39, 0.29) is 21.1 Å². The van der Waals surface area contributed by atoms with Crippen molar-refractivity contribution < 1.29 is 49.8 Å². The van der Waals surface area contributed by atoms with E-state index in [9.17, 15) is 28.8 Å². The molecule has 0 aliphatic heterocycles. The molecule has 0 aromatic heterocycles. The normalized spacial score (nSPS) is 7.26. The van der Waals surface area contributed by atoms with Crippen LogP contribution in [0.3, 0.4) is 0 Å². The number of amides is 6. The molecule has 0 aromatic rings. The Kier molecular flexibility index (Phi) is 67.8. The average molecular weight is 793 g/mol. The van der Waals surface area contributed by atoms with Crippen LogP contribution in [0.2, 0.25) is 0 Å². The number of rotatable bonds is 12. The first-order chi connectivity index (χ1) is 19.6. The summed E-state index contributed by atoms with van der Waals surface area (Å²) < 4.78 is 0. The summed E-state index contributed by atoms with van der Waals surface area (Å²) >= 11 is 24.9. The van der Waals surface area contributed by atoms with Crippen LogP contribution in [0.25, 0.3) is 0 Å². The summed E-state index contributed by atoms with van der Waals surface area (Å²) in [5.41, 5.74) is 0. The molecule has 6 N–H and O–H groups in total. The van der Waals surface area contributed by atoms with Crippen LogP contribution >= 0.6 is 0 Å². The van der Waals surface area contributed by atoms with Crippen molar-refractivity contribution in [3.63, 3.8) is 0 Å². The van der Waals surface area contributed by atoms with Crippen LogP contribution in [-0.2, 0) is 96.8 Å². The van der Waals surface area contributed by atoms with Gasteiger partial charge in [0.05, 0.1) is 31.4 Å². The van der Waals surface area contributed by atoms with E-state index in [1.165, 1.54) is 0 Å². The van der Waals surface area contributed by atoms with E-state index in [1.807, 2.05) is 0 Å². The van der Waals surface area contributed by atoms with E-state index < -0.39 is 31.4 Å². The van der Waals surface area contributed by atoms with Crippen molar-refractivity contribution in [2.45, 2.75) is 0 Å². The van der Waals surface area contributed by atoms with E-state index >= 15 is 0 Å². The minimum absolute atomic E-state index is 0. The van der Waals surface area contributed by atoms with Gasteiger partial charge in [0.2, 0.25) is 0 Å². The molecule has 0 bridgehead atoms. The maximum Gasteiger partial charge on any atom is 0.0983 e. The van der Waals surface area contributed by atoms with Crippen molar-refractivity contribution in [3.8, 4) is 0 Å². The van der Waals surface area contributed by atoms with Gasteiger partial charge in [0, 0.05) is 60.3 Å². The van der Waals surface area contributed by atoms with Crippen LogP contribution < -0.4 is 31.9 Å². The average Bonchev–Trinajstić information content (AvgIpc) is 2.91. The molecule has 0 aliphatic carbocycles. The van der Waals surface area contributed by atoms with E-state index in [4.69, 9.17) is 0 Å². The molecule has 0 rings (SSSR count). The standard InChI is InChI=1S/6C4H7NOS.Mo/c6*1-2-3-5-4(6)7;/h6*2H,1,3H2,(H2,5,6,7);/p-6. The van der Waals surface area contributed by atoms with E-state index in [0.29, 0.717) is 39.3 Å². The van der Waals surface area contributed by atoms with E-state index in [0.717, 1.165) is 0 Å². The van der Waals surface area contributed by atoms with Gasteiger partial charge in [0.25, 0.3) is 0 Å². The summed E-state index contributed by atoms with van der Waals surface area (Å²) in [6, 6.07) is 0. The Morgan fingerprint density at radius 3 is 0.465 bits per heavy atom. The number of hydrogen-bond acceptors (Lipinski definition) is 12. The third-order valence-electron chi connectivity index (χ3n) is 2.34. The van der Waals surface area contributed by atoms with Gasteiger partial charge in [0.1, 0.15) is 0 Å². The van der Waals surface area contributed by atoms with Gasteiger partial charge in [-0.15, -0.1) is 39.5 Å². The van der Waals surface area contributed by atoms with Crippen molar-refractivity contribution in [1.29, 1.82) is 0 Å². The first-order valence-electron chi connectivity index (χ1n) is 11.0. The zero-order valence-electron chi connectivity index (χ0n) is 23.3. The molecule has 43 heavy (non-hydrogen) atoms. The Morgan fingerprint density at radius 1 is 0.349 bits per heavy atom. The fraction of sp³-hybridized carbons (Fsp3) is 0.250. The molecular weight excluding hydrogens is 757 g/mol. The minimum Gasteiger partial charge on any atom is -0.719 e. The minimum atomic E-state index is -0.431. The summed E-state index contributed by atoms with van der Waals surface area (Å²) in [7, 11) is 0. The summed E-state index contributed by atoms with van der Waals surface area (Å²) in [6.45, 7) is 23.0. The molecular formula is C24H36MoN6O6S6-6. The van der Waals surface area contributed by atoms with Crippen LogP contribution in [-0.4, -0.2) is 70.7 Å². The molecule has 0 fully saturated rings. The van der Waals surface area contributed by atoms with Crippen LogP contribution in [0.4, 0.5) is 28.8 Å². The van der Waals surface area contributed by atoms with Crippen molar-refractivity contribution in [2.24, 2.45) is 0 Å². The van der Waals surface area contributed by atoms with Gasteiger partial charge in [0.15, 0.2) is 0 Å².